The average molecular weight is 301 g/mol. The van der Waals surface area contributed by atoms with Gasteiger partial charge in [-0.05, 0) is 31.0 Å². The molecule has 1 unspecified atom stereocenters. The van der Waals surface area contributed by atoms with Crippen molar-refractivity contribution in [1.82, 2.24) is 0 Å². The van der Waals surface area contributed by atoms with E-state index in [0.29, 0.717) is 5.56 Å². The minimum Gasteiger partial charge on any atom is -0.480 e. The monoisotopic (exact) mass is 301 g/mol. The van der Waals surface area contributed by atoms with E-state index in [9.17, 15) is 9.90 Å². The molecule has 110 valence electrons. The number of thioether (sulfide) groups is 1. The van der Waals surface area contributed by atoms with Gasteiger partial charge in [0.1, 0.15) is 5.54 Å². The Labute approximate surface area is 129 Å². The normalized spacial score (nSPS) is 13.7. The van der Waals surface area contributed by atoms with Crippen LogP contribution in [0.3, 0.4) is 0 Å². The van der Waals surface area contributed by atoms with Crippen molar-refractivity contribution in [1.29, 1.82) is 0 Å². The Balaban J connectivity index is 2.26. The number of aliphatic carboxylic acids is 1. The Morgan fingerprint density at radius 3 is 2.48 bits per heavy atom. The second-order valence-corrected chi connectivity index (χ2v) is 6.22. The Hall–Kier alpha value is -1.78. The summed E-state index contributed by atoms with van der Waals surface area (Å²) in [4.78, 5) is 12.7. The number of rotatable bonds is 5. The molecule has 2 aromatic rings. The summed E-state index contributed by atoms with van der Waals surface area (Å²) in [5.41, 5.74) is 7.70. The summed E-state index contributed by atoms with van der Waals surface area (Å²) in [7, 11) is 0. The third-order valence-corrected chi connectivity index (χ3v) is 4.82. The summed E-state index contributed by atoms with van der Waals surface area (Å²) in [6.07, 6.45) is 0. The van der Waals surface area contributed by atoms with Crippen LogP contribution in [0.4, 0.5) is 0 Å². The van der Waals surface area contributed by atoms with Crippen molar-refractivity contribution in [2.24, 2.45) is 5.73 Å². The molecule has 1 atom stereocenters. The summed E-state index contributed by atoms with van der Waals surface area (Å²) >= 11 is 1.49. The molecule has 2 aromatic carbocycles. The fourth-order valence-electron chi connectivity index (χ4n) is 2.06. The molecule has 0 radical (unpaired) electrons. The molecular weight excluding hydrogens is 282 g/mol. The van der Waals surface area contributed by atoms with Crippen molar-refractivity contribution in [2.45, 2.75) is 24.3 Å². The van der Waals surface area contributed by atoms with Crippen LogP contribution in [0.1, 0.15) is 16.7 Å². The van der Waals surface area contributed by atoms with Gasteiger partial charge in [0.05, 0.1) is 0 Å². The summed E-state index contributed by atoms with van der Waals surface area (Å²) in [6.45, 7) is 4.04. The molecule has 0 bridgehead atoms. The number of benzene rings is 2. The van der Waals surface area contributed by atoms with Crippen LogP contribution in [0, 0.1) is 13.8 Å². The van der Waals surface area contributed by atoms with Crippen LogP contribution in [0.15, 0.2) is 53.4 Å². The van der Waals surface area contributed by atoms with Gasteiger partial charge in [-0.1, -0.05) is 48.0 Å². The molecule has 0 spiro atoms. The van der Waals surface area contributed by atoms with Gasteiger partial charge in [0.2, 0.25) is 0 Å². The van der Waals surface area contributed by atoms with E-state index in [-0.39, 0.29) is 5.75 Å². The lowest BCUT2D eigenvalue weighted by Crippen LogP contribution is -2.47. The first-order chi connectivity index (χ1) is 9.93. The maximum Gasteiger partial charge on any atom is 0.329 e. The minimum atomic E-state index is -1.39. The van der Waals surface area contributed by atoms with Gasteiger partial charge in [0.15, 0.2) is 0 Å². The zero-order valence-corrected chi connectivity index (χ0v) is 13.0. The van der Waals surface area contributed by atoms with Gasteiger partial charge in [0.25, 0.3) is 0 Å². The molecule has 21 heavy (non-hydrogen) atoms. The molecule has 0 heterocycles. The van der Waals surface area contributed by atoms with Gasteiger partial charge in [-0.3, -0.25) is 0 Å². The highest BCUT2D eigenvalue weighted by atomic mass is 32.2. The Morgan fingerprint density at radius 1 is 1.19 bits per heavy atom. The number of nitrogens with two attached hydrogens (primary N) is 1. The highest BCUT2D eigenvalue weighted by molar-refractivity contribution is 7.99. The molecule has 2 rings (SSSR count). The summed E-state index contributed by atoms with van der Waals surface area (Å²) in [5, 5.41) is 9.55. The van der Waals surface area contributed by atoms with Gasteiger partial charge in [-0.25, -0.2) is 4.79 Å². The smallest absolute Gasteiger partial charge is 0.329 e. The lowest BCUT2D eigenvalue weighted by molar-refractivity contribution is -0.142. The van der Waals surface area contributed by atoms with E-state index in [0.717, 1.165) is 16.0 Å². The number of carbonyl (C=O) groups is 1. The Morgan fingerprint density at radius 2 is 1.86 bits per heavy atom. The standard InChI is InChI=1S/C17H19NO2S/c1-12-8-9-13(2)15(10-12)21-11-17(18,16(19)20)14-6-4-3-5-7-14/h3-10H,11,18H2,1-2H3,(H,19,20). The first-order valence-corrected chi connectivity index (χ1v) is 7.70. The van der Waals surface area contributed by atoms with Crippen LogP contribution >= 0.6 is 11.8 Å². The van der Waals surface area contributed by atoms with Crippen molar-refractivity contribution in [3.63, 3.8) is 0 Å². The number of hydrogen-bond donors (Lipinski definition) is 2. The quantitative estimate of drug-likeness (QED) is 0.831. The van der Waals surface area contributed by atoms with Crippen LogP contribution in [-0.4, -0.2) is 16.8 Å². The highest BCUT2D eigenvalue weighted by Crippen LogP contribution is 2.30. The predicted molar refractivity (Wildman–Crippen MR) is 86.6 cm³/mol. The zero-order valence-electron chi connectivity index (χ0n) is 12.2. The van der Waals surface area contributed by atoms with E-state index in [1.54, 1.807) is 12.1 Å². The second kappa shape index (κ2) is 6.33. The molecule has 3 N–H and O–H groups in total. The molecular formula is C17H19NO2S. The molecule has 0 fully saturated rings. The molecule has 0 aliphatic heterocycles. The maximum atomic E-state index is 11.7. The van der Waals surface area contributed by atoms with Gasteiger partial charge >= 0.3 is 5.97 Å². The molecule has 0 amide bonds. The van der Waals surface area contributed by atoms with Crippen molar-refractivity contribution in [2.75, 3.05) is 5.75 Å². The van der Waals surface area contributed by atoms with Gasteiger partial charge in [0, 0.05) is 10.6 Å². The first-order valence-electron chi connectivity index (χ1n) is 6.71. The van der Waals surface area contributed by atoms with Crippen molar-refractivity contribution >= 4 is 17.7 Å². The first kappa shape index (κ1) is 15.6. The van der Waals surface area contributed by atoms with Crippen LogP contribution in [-0.2, 0) is 10.3 Å². The van der Waals surface area contributed by atoms with Crippen LogP contribution in [0.5, 0.6) is 0 Å². The average Bonchev–Trinajstić information content (AvgIpc) is 2.48. The van der Waals surface area contributed by atoms with E-state index in [2.05, 4.69) is 6.07 Å². The lowest BCUT2D eigenvalue weighted by Gasteiger charge is -2.25. The van der Waals surface area contributed by atoms with E-state index in [1.807, 2.05) is 44.2 Å². The number of carboxylic acid groups (broad SMARTS) is 1. The van der Waals surface area contributed by atoms with Gasteiger partial charge in [-0.15, -0.1) is 11.8 Å². The van der Waals surface area contributed by atoms with Crippen LogP contribution in [0.25, 0.3) is 0 Å². The van der Waals surface area contributed by atoms with Crippen molar-refractivity contribution in [3.8, 4) is 0 Å². The van der Waals surface area contributed by atoms with Crippen LogP contribution in [0.2, 0.25) is 0 Å². The third-order valence-electron chi connectivity index (χ3n) is 3.47. The predicted octanol–water partition coefficient (Wildman–Crippen LogP) is 3.33. The summed E-state index contributed by atoms with van der Waals surface area (Å²) < 4.78 is 0. The lowest BCUT2D eigenvalue weighted by atomic mass is 9.93. The number of carboxylic acids is 1. The SMILES string of the molecule is Cc1ccc(C)c(SCC(N)(C(=O)O)c2ccccc2)c1. The van der Waals surface area contributed by atoms with Crippen LogP contribution < -0.4 is 5.73 Å². The third kappa shape index (κ3) is 3.46. The van der Waals surface area contributed by atoms with Crippen molar-refractivity contribution in [3.05, 3.63) is 65.2 Å². The second-order valence-electron chi connectivity index (χ2n) is 5.20. The molecule has 4 heteroatoms. The summed E-state index contributed by atoms with van der Waals surface area (Å²) in [5.74, 6) is -0.720. The molecule has 0 saturated carbocycles. The van der Waals surface area contributed by atoms with Gasteiger partial charge in [-0.2, -0.15) is 0 Å². The number of hydrogen-bond acceptors (Lipinski definition) is 3. The fourth-order valence-corrected chi connectivity index (χ4v) is 3.30. The minimum absolute atomic E-state index is 0.288. The van der Waals surface area contributed by atoms with E-state index in [1.165, 1.54) is 11.8 Å². The van der Waals surface area contributed by atoms with E-state index < -0.39 is 11.5 Å². The number of aryl methyl sites for hydroxylation is 2. The Bertz CT molecular complexity index is 642. The Kier molecular flexibility index (Phi) is 4.70. The van der Waals surface area contributed by atoms with Crippen molar-refractivity contribution < 1.29 is 9.90 Å². The van der Waals surface area contributed by atoms with Gasteiger partial charge < -0.3 is 10.8 Å². The summed E-state index contributed by atoms with van der Waals surface area (Å²) in [6, 6.07) is 15.1. The molecule has 0 aromatic heterocycles. The highest BCUT2D eigenvalue weighted by Gasteiger charge is 2.36. The molecule has 0 aliphatic rings. The topological polar surface area (TPSA) is 63.3 Å². The maximum absolute atomic E-state index is 11.7. The van der Waals surface area contributed by atoms with E-state index in [4.69, 9.17) is 5.73 Å². The fraction of sp³-hybridized carbons (Fsp3) is 0.235. The molecule has 0 saturated heterocycles. The molecule has 0 aliphatic carbocycles. The largest absolute Gasteiger partial charge is 0.480 e. The van der Waals surface area contributed by atoms with E-state index >= 15 is 0 Å². The molecule has 3 nitrogen and oxygen atoms in total. The zero-order chi connectivity index (χ0) is 15.5.